The average molecular weight is 338 g/mol. The van der Waals surface area contributed by atoms with Crippen molar-refractivity contribution in [1.29, 1.82) is 5.26 Å². The topological polar surface area (TPSA) is 23.8 Å². The Morgan fingerprint density at radius 1 is 1.40 bits per heavy atom. The Hall–Kier alpha value is -0.880. The number of rotatable bonds is 4. The summed E-state index contributed by atoms with van der Waals surface area (Å²) in [6.45, 7) is 2.22. The van der Waals surface area contributed by atoms with Gasteiger partial charge in [0.25, 0.3) is 0 Å². The number of hydrogen-bond acceptors (Lipinski definition) is 1. The summed E-state index contributed by atoms with van der Waals surface area (Å²) in [6, 6.07) is 7.27. The fourth-order valence-electron chi connectivity index (χ4n) is 3.30. The van der Waals surface area contributed by atoms with Crippen molar-refractivity contribution in [3.05, 3.63) is 34.1 Å². The molecule has 0 saturated heterocycles. The van der Waals surface area contributed by atoms with Gasteiger partial charge in [0.2, 0.25) is 0 Å². The molecule has 0 spiro atoms. The van der Waals surface area contributed by atoms with E-state index in [0.717, 1.165) is 41.6 Å². The van der Waals surface area contributed by atoms with Gasteiger partial charge in [-0.25, -0.2) is 4.39 Å². The summed E-state index contributed by atoms with van der Waals surface area (Å²) in [5, 5.41) is 9.62. The third-order valence-corrected chi connectivity index (χ3v) is 5.31. The van der Waals surface area contributed by atoms with Crippen molar-refractivity contribution >= 4 is 15.9 Å². The lowest BCUT2D eigenvalue weighted by Gasteiger charge is -2.35. The molecular weight excluding hydrogens is 317 g/mol. The van der Waals surface area contributed by atoms with Crippen molar-refractivity contribution in [1.82, 2.24) is 0 Å². The van der Waals surface area contributed by atoms with Gasteiger partial charge in [-0.2, -0.15) is 5.26 Å². The van der Waals surface area contributed by atoms with E-state index in [2.05, 4.69) is 28.9 Å². The Bertz CT molecular complexity index is 498. The molecule has 1 aromatic carbocycles. The maximum Gasteiger partial charge on any atom is 0.123 e. The highest BCUT2D eigenvalue weighted by Gasteiger charge is 2.35. The lowest BCUT2D eigenvalue weighted by Crippen LogP contribution is -2.28. The summed E-state index contributed by atoms with van der Waals surface area (Å²) in [6.07, 6.45) is 7.29. The lowest BCUT2D eigenvalue weighted by molar-refractivity contribution is 0.200. The molecule has 0 unspecified atom stereocenters. The number of hydrogen-bond donors (Lipinski definition) is 0. The van der Waals surface area contributed by atoms with Crippen LogP contribution in [0, 0.1) is 28.5 Å². The van der Waals surface area contributed by atoms with Crippen LogP contribution in [0.4, 0.5) is 4.39 Å². The van der Waals surface area contributed by atoms with E-state index in [9.17, 15) is 9.65 Å². The van der Waals surface area contributed by atoms with Gasteiger partial charge in [0.15, 0.2) is 0 Å². The zero-order valence-electron chi connectivity index (χ0n) is 12.0. The number of halogens is 2. The molecule has 0 amide bonds. The third kappa shape index (κ3) is 3.61. The highest BCUT2D eigenvalue weighted by atomic mass is 79.9. The van der Waals surface area contributed by atoms with Crippen LogP contribution >= 0.6 is 15.9 Å². The van der Waals surface area contributed by atoms with Gasteiger partial charge in [0.05, 0.1) is 11.5 Å². The minimum absolute atomic E-state index is 0.226. The number of benzene rings is 1. The molecule has 0 heterocycles. The minimum atomic E-state index is -0.305. The lowest BCUT2D eigenvalue weighted by atomic mass is 9.67. The molecule has 1 aromatic rings. The maximum atomic E-state index is 13.4. The smallest absolute Gasteiger partial charge is 0.123 e. The van der Waals surface area contributed by atoms with E-state index in [1.54, 1.807) is 12.1 Å². The minimum Gasteiger partial charge on any atom is -0.207 e. The zero-order valence-corrected chi connectivity index (χ0v) is 13.5. The number of nitrogens with zero attached hydrogens (tertiary/aromatic N) is 1. The Balaban J connectivity index is 2.10. The first-order valence-corrected chi connectivity index (χ1v) is 8.23. The Morgan fingerprint density at radius 2 is 2.10 bits per heavy atom. The van der Waals surface area contributed by atoms with E-state index in [4.69, 9.17) is 0 Å². The van der Waals surface area contributed by atoms with Crippen LogP contribution in [0.5, 0.6) is 0 Å². The van der Waals surface area contributed by atoms with Gasteiger partial charge in [-0.05, 0) is 61.8 Å². The molecule has 1 aliphatic carbocycles. The van der Waals surface area contributed by atoms with Crippen molar-refractivity contribution < 1.29 is 4.39 Å². The molecule has 1 fully saturated rings. The molecule has 0 radical (unpaired) electrons. The van der Waals surface area contributed by atoms with Crippen LogP contribution in [0.25, 0.3) is 0 Å². The van der Waals surface area contributed by atoms with Crippen LogP contribution in [0.2, 0.25) is 0 Å². The first-order valence-electron chi connectivity index (χ1n) is 7.44. The van der Waals surface area contributed by atoms with Gasteiger partial charge in [0, 0.05) is 4.47 Å². The molecule has 1 aliphatic rings. The zero-order chi connectivity index (χ0) is 14.6. The van der Waals surface area contributed by atoms with Crippen LogP contribution in [-0.2, 0) is 6.42 Å². The summed E-state index contributed by atoms with van der Waals surface area (Å²) < 4.78 is 14.3. The van der Waals surface area contributed by atoms with E-state index < -0.39 is 0 Å². The first kappa shape index (κ1) is 15.5. The van der Waals surface area contributed by atoms with Gasteiger partial charge in [-0.1, -0.05) is 35.7 Å². The SMILES string of the molecule is CCCC1CCC(C#N)(Cc2cc(F)ccc2Br)CC1. The van der Waals surface area contributed by atoms with Gasteiger partial charge in [-0.3, -0.25) is 0 Å². The van der Waals surface area contributed by atoms with Crippen molar-refractivity contribution in [3.63, 3.8) is 0 Å². The molecular formula is C17H21BrFN. The molecule has 0 N–H and O–H groups in total. The normalized spacial score (nSPS) is 26.2. The van der Waals surface area contributed by atoms with Crippen LogP contribution < -0.4 is 0 Å². The molecule has 0 atom stereocenters. The molecule has 20 heavy (non-hydrogen) atoms. The second-order valence-corrected chi connectivity index (χ2v) is 6.89. The molecule has 1 saturated carbocycles. The van der Waals surface area contributed by atoms with Gasteiger partial charge >= 0.3 is 0 Å². The summed E-state index contributed by atoms with van der Waals surface area (Å²) in [5.41, 5.74) is 0.612. The van der Waals surface area contributed by atoms with Gasteiger partial charge < -0.3 is 0 Å². The van der Waals surface area contributed by atoms with Crippen molar-refractivity contribution in [3.8, 4) is 6.07 Å². The predicted molar refractivity (Wildman–Crippen MR) is 82.7 cm³/mol. The molecule has 0 bridgehead atoms. The molecule has 0 aliphatic heterocycles. The quantitative estimate of drug-likeness (QED) is 0.698. The van der Waals surface area contributed by atoms with Gasteiger partial charge in [0.1, 0.15) is 5.82 Å². The van der Waals surface area contributed by atoms with Crippen LogP contribution in [0.3, 0.4) is 0 Å². The van der Waals surface area contributed by atoms with E-state index in [-0.39, 0.29) is 11.2 Å². The second-order valence-electron chi connectivity index (χ2n) is 6.04. The Labute approximate surface area is 129 Å². The van der Waals surface area contributed by atoms with Crippen molar-refractivity contribution in [2.45, 2.75) is 51.9 Å². The molecule has 0 aromatic heterocycles. The summed E-state index contributed by atoms with van der Waals surface area (Å²) in [4.78, 5) is 0. The summed E-state index contributed by atoms with van der Waals surface area (Å²) in [7, 11) is 0. The highest BCUT2D eigenvalue weighted by molar-refractivity contribution is 9.10. The van der Waals surface area contributed by atoms with E-state index in [1.165, 1.54) is 18.9 Å². The Kier molecular flexibility index (Phi) is 5.21. The first-order chi connectivity index (χ1) is 9.58. The van der Waals surface area contributed by atoms with E-state index in [1.807, 2.05) is 0 Å². The largest absolute Gasteiger partial charge is 0.207 e. The molecule has 2 rings (SSSR count). The molecule has 3 heteroatoms. The number of nitriles is 1. The van der Waals surface area contributed by atoms with Crippen molar-refractivity contribution in [2.24, 2.45) is 11.3 Å². The molecule has 1 nitrogen and oxygen atoms in total. The Morgan fingerprint density at radius 3 is 2.70 bits per heavy atom. The standard InChI is InChI=1S/C17H21BrFN/c1-2-3-13-6-8-17(12-20,9-7-13)11-14-10-15(19)4-5-16(14)18/h4-5,10,13H,2-3,6-9,11H2,1H3. The fourth-order valence-corrected chi connectivity index (χ4v) is 3.69. The van der Waals surface area contributed by atoms with E-state index >= 15 is 0 Å². The maximum absolute atomic E-state index is 13.4. The van der Waals surface area contributed by atoms with Crippen LogP contribution in [0.1, 0.15) is 51.0 Å². The molecule has 108 valence electrons. The van der Waals surface area contributed by atoms with Crippen molar-refractivity contribution in [2.75, 3.05) is 0 Å². The van der Waals surface area contributed by atoms with Gasteiger partial charge in [-0.15, -0.1) is 0 Å². The van der Waals surface area contributed by atoms with Crippen LogP contribution in [-0.4, -0.2) is 0 Å². The monoisotopic (exact) mass is 337 g/mol. The summed E-state index contributed by atoms with van der Waals surface area (Å²) >= 11 is 3.47. The highest BCUT2D eigenvalue weighted by Crippen LogP contribution is 2.43. The predicted octanol–water partition coefficient (Wildman–Crippen LogP) is 5.63. The summed E-state index contributed by atoms with van der Waals surface area (Å²) in [5.74, 6) is 0.549. The average Bonchev–Trinajstić information content (AvgIpc) is 2.45. The second kappa shape index (κ2) is 6.72. The van der Waals surface area contributed by atoms with Crippen LogP contribution in [0.15, 0.2) is 22.7 Å². The fraction of sp³-hybridized carbons (Fsp3) is 0.588. The van der Waals surface area contributed by atoms with E-state index in [0.29, 0.717) is 6.42 Å². The third-order valence-electron chi connectivity index (χ3n) is 4.53.